The van der Waals surface area contributed by atoms with E-state index in [9.17, 15) is 0 Å². The van der Waals surface area contributed by atoms with E-state index in [0.29, 0.717) is 12.1 Å². The number of rotatable bonds is 4. The molecule has 2 fully saturated rings. The molecule has 2 unspecified atom stereocenters. The van der Waals surface area contributed by atoms with Gasteiger partial charge in [0.1, 0.15) is 0 Å². The van der Waals surface area contributed by atoms with Crippen LogP contribution >= 0.6 is 0 Å². The van der Waals surface area contributed by atoms with Crippen LogP contribution in [0.1, 0.15) is 33.1 Å². The molecule has 0 spiro atoms. The molecular formula is C14H28N2O2. The lowest BCUT2D eigenvalue weighted by atomic mass is 9.79. The quantitative estimate of drug-likeness (QED) is 0.822. The second kappa shape index (κ2) is 6.33. The first-order valence-corrected chi connectivity index (χ1v) is 7.32. The summed E-state index contributed by atoms with van der Waals surface area (Å²) in [4.78, 5) is 2.60. The van der Waals surface area contributed by atoms with Crippen LogP contribution < -0.4 is 5.73 Å². The van der Waals surface area contributed by atoms with Gasteiger partial charge in [-0.2, -0.15) is 0 Å². The zero-order valence-corrected chi connectivity index (χ0v) is 11.9. The van der Waals surface area contributed by atoms with E-state index in [2.05, 4.69) is 18.7 Å². The van der Waals surface area contributed by atoms with Crippen LogP contribution in [0, 0.1) is 5.41 Å². The Hall–Kier alpha value is -0.160. The number of ether oxygens (including phenoxy) is 2. The average Bonchev–Trinajstić information content (AvgIpc) is 2.40. The van der Waals surface area contributed by atoms with Gasteiger partial charge in [-0.3, -0.25) is 4.90 Å². The highest BCUT2D eigenvalue weighted by atomic mass is 16.5. The lowest BCUT2D eigenvalue weighted by Gasteiger charge is -2.45. The molecule has 0 amide bonds. The van der Waals surface area contributed by atoms with Crippen LogP contribution in [0.3, 0.4) is 0 Å². The fourth-order valence-electron chi connectivity index (χ4n) is 3.14. The number of hydrogen-bond acceptors (Lipinski definition) is 4. The van der Waals surface area contributed by atoms with Crippen molar-refractivity contribution in [2.45, 2.75) is 45.3 Å². The fraction of sp³-hybridized carbons (Fsp3) is 1.00. The zero-order chi connectivity index (χ0) is 13.0. The van der Waals surface area contributed by atoms with Crippen molar-refractivity contribution in [2.24, 2.45) is 11.1 Å². The third-order valence-electron chi connectivity index (χ3n) is 4.58. The summed E-state index contributed by atoms with van der Waals surface area (Å²) in [5, 5.41) is 0. The normalized spacial score (nSPS) is 33.5. The molecule has 18 heavy (non-hydrogen) atoms. The monoisotopic (exact) mass is 256 g/mol. The third kappa shape index (κ3) is 3.23. The number of hydrogen-bond donors (Lipinski definition) is 1. The molecule has 2 rings (SSSR count). The van der Waals surface area contributed by atoms with Crippen molar-refractivity contribution < 1.29 is 9.47 Å². The van der Waals surface area contributed by atoms with Crippen LogP contribution in [0.25, 0.3) is 0 Å². The topological polar surface area (TPSA) is 47.7 Å². The Morgan fingerprint density at radius 3 is 2.67 bits per heavy atom. The van der Waals surface area contributed by atoms with E-state index in [1.165, 1.54) is 0 Å². The molecule has 2 saturated heterocycles. The number of nitrogens with zero attached hydrogens (tertiary/aromatic N) is 1. The second-order valence-electron chi connectivity index (χ2n) is 5.95. The summed E-state index contributed by atoms with van der Waals surface area (Å²) in [6, 6.07) is 0.562. The van der Waals surface area contributed by atoms with Crippen molar-refractivity contribution in [3.63, 3.8) is 0 Å². The van der Waals surface area contributed by atoms with Crippen molar-refractivity contribution in [1.29, 1.82) is 0 Å². The Balaban J connectivity index is 1.99. The molecule has 2 aliphatic rings. The maximum absolute atomic E-state index is 6.06. The lowest BCUT2D eigenvalue weighted by Crippen LogP contribution is -2.55. The highest BCUT2D eigenvalue weighted by molar-refractivity contribution is 4.89. The zero-order valence-electron chi connectivity index (χ0n) is 11.9. The number of nitrogens with two attached hydrogens (primary N) is 1. The van der Waals surface area contributed by atoms with Crippen LogP contribution in [-0.2, 0) is 9.47 Å². The Kier molecular flexibility index (Phi) is 5.01. The van der Waals surface area contributed by atoms with Crippen LogP contribution in [0.5, 0.6) is 0 Å². The van der Waals surface area contributed by atoms with E-state index in [1.807, 2.05) is 0 Å². The predicted octanol–water partition coefficient (Wildman–Crippen LogP) is 1.24. The van der Waals surface area contributed by atoms with Gasteiger partial charge in [-0.25, -0.2) is 0 Å². The minimum Gasteiger partial charge on any atom is -0.381 e. The molecule has 2 N–H and O–H groups in total. The molecule has 0 aromatic heterocycles. The highest BCUT2D eigenvalue weighted by Crippen LogP contribution is 2.32. The Morgan fingerprint density at radius 1 is 1.33 bits per heavy atom. The van der Waals surface area contributed by atoms with E-state index in [4.69, 9.17) is 15.2 Å². The molecule has 4 heteroatoms. The smallest absolute Gasteiger partial charge is 0.0674 e. The molecule has 0 bridgehead atoms. The van der Waals surface area contributed by atoms with Gasteiger partial charge in [0, 0.05) is 32.3 Å². The minimum atomic E-state index is 0.267. The molecule has 0 saturated carbocycles. The molecule has 106 valence electrons. The summed E-state index contributed by atoms with van der Waals surface area (Å²) in [6.45, 7) is 9.95. The van der Waals surface area contributed by atoms with Crippen LogP contribution in [0.2, 0.25) is 0 Å². The largest absolute Gasteiger partial charge is 0.381 e. The van der Waals surface area contributed by atoms with Crippen LogP contribution in [0.15, 0.2) is 0 Å². The summed E-state index contributed by atoms with van der Waals surface area (Å²) < 4.78 is 11.3. The molecular weight excluding hydrogens is 228 g/mol. The molecule has 0 radical (unpaired) electrons. The predicted molar refractivity (Wildman–Crippen MR) is 72.6 cm³/mol. The van der Waals surface area contributed by atoms with Crippen LogP contribution in [-0.4, -0.2) is 56.5 Å². The average molecular weight is 256 g/mol. The van der Waals surface area contributed by atoms with Crippen molar-refractivity contribution >= 4 is 0 Å². The van der Waals surface area contributed by atoms with Gasteiger partial charge in [-0.1, -0.05) is 6.92 Å². The van der Waals surface area contributed by atoms with E-state index in [1.54, 1.807) is 0 Å². The first-order valence-electron chi connectivity index (χ1n) is 7.32. The van der Waals surface area contributed by atoms with Crippen molar-refractivity contribution in [2.75, 3.05) is 39.5 Å². The fourth-order valence-corrected chi connectivity index (χ4v) is 3.14. The molecule has 0 aliphatic carbocycles. The van der Waals surface area contributed by atoms with Crippen molar-refractivity contribution in [3.8, 4) is 0 Å². The van der Waals surface area contributed by atoms with Gasteiger partial charge in [0.2, 0.25) is 0 Å². The summed E-state index contributed by atoms with van der Waals surface area (Å²) in [5.41, 5.74) is 6.33. The van der Waals surface area contributed by atoms with Gasteiger partial charge in [0.25, 0.3) is 0 Å². The minimum absolute atomic E-state index is 0.267. The van der Waals surface area contributed by atoms with Gasteiger partial charge >= 0.3 is 0 Å². The molecule has 2 atom stereocenters. The summed E-state index contributed by atoms with van der Waals surface area (Å²) in [6.07, 6.45) is 3.71. The molecule has 2 aliphatic heterocycles. The highest BCUT2D eigenvalue weighted by Gasteiger charge is 2.36. The Morgan fingerprint density at radius 2 is 2.06 bits per heavy atom. The first kappa shape index (κ1) is 14.3. The summed E-state index contributed by atoms with van der Waals surface area (Å²) in [7, 11) is 0. The molecule has 0 aromatic rings. The molecule has 0 aromatic carbocycles. The van der Waals surface area contributed by atoms with Crippen LogP contribution in [0.4, 0.5) is 0 Å². The van der Waals surface area contributed by atoms with E-state index >= 15 is 0 Å². The first-order chi connectivity index (χ1) is 8.69. The lowest BCUT2D eigenvalue weighted by molar-refractivity contribution is -0.0817. The summed E-state index contributed by atoms with van der Waals surface area (Å²) in [5.74, 6) is 0. The maximum atomic E-state index is 6.06. The van der Waals surface area contributed by atoms with Gasteiger partial charge in [0.15, 0.2) is 0 Å². The van der Waals surface area contributed by atoms with Gasteiger partial charge in [0.05, 0.1) is 12.7 Å². The second-order valence-corrected chi connectivity index (χ2v) is 5.95. The van der Waals surface area contributed by atoms with Crippen molar-refractivity contribution in [3.05, 3.63) is 0 Å². The third-order valence-corrected chi connectivity index (χ3v) is 4.58. The SMILES string of the molecule is CCC1COC(C)CN1CC1(CN)CCOCC1. The van der Waals surface area contributed by atoms with E-state index in [0.717, 1.165) is 58.7 Å². The number of morpholine rings is 1. The maximum Gasteiger partial charge on any atom is 0.0674 e. The van der Waals surface area contributed by atoms with Crippen molar-refractivity contribution in [1.82, 2.24) is 4.90 Å². The van der Waals surface area contributed by atoms with Gasteiger partial charge in [-0.05, 0) is 38.1 Å². The van der Waals surface area contributed by atoms with Gasteiger partial charge < -0.3 is 15.2 Å². The molecule has 2 heterocycles. The Labute approximate surface area is 111 Å². The molecule has 4 nitrogen and oxygen atoms in total. The Bertz CT molecular complexity index is 254. The standard InChI is InChI=1S/C14H28N2O2/c1-3-13-9-18-12(2)8-16(13)11-14(10-15)4-6-17-7-5-14/h12-13H,3-11,15H2,1-2H3. The van der Waals surface area contributed by atoms with Gasteiger partial charge in [-0.15, -0.1) is 0 Å². The van der Waals surface area contributed by atoms with E-state index in [-0.39, 0.29) is 5.41 Å². The summed E-state index contributed by atoms with van der Waals surface area (Å²) >= 11 is 0. The van der Waals surface area contributed by atoms with E-state index < -0.39 is 0 Å².